The van der Waals surface area contributed by atoms with Crippen LogP contribution >= 0.6 is 0 Å². The van der Waals surface area contributed by atoms with Gasteiger partial charge in [0.05, 0.1) is 6.67 Å². The second kappa shape index (κ2) is 10.1. The SMILES string of the molecule is O=C(Nc1ccccn1)C1CCN(CN2C(=O)NC3(CCCN(Cc4ccccc4)C3)C2=O)CC1. The van der Waals surface area contributed by atoms with Gasteiger partial charge in [0.15, 0.2) is 0 Å². The number of hydrogen-bond donors (Lipinski definition) is 2. The van der Waals surface area contributed by atoms with Crippen molar-refractivity contribution in [2.45, 2.75) is 37.8 Å². The van der Waals surface area contributed by atoms with E-state index in [1.165, 1.54) is 10.5 Å². The minimum atomic E-state index is -0.842. The van der Waals surface area contributed by atoms with Crippen molar-refractivity contribution in [2.75, 3.05) is 38.2 Å². The third kappa shape index (κ3) is 5.21. The Morgan fingerprint density at radius 2 is 1.80 bits per heavy atom. The first-order valence-corrected chi connectivity index (χ1v) is 12.4. The number of urea groups is 1. The summed E-state index contributed by atoms with van der Waals surface area (Å²) in [7, 11) is 0. The third-order valence-electron chi connectivity index (χ3n) is 7.28. The molecule has 0 radical (unpaired) electrons. The minimum Gasteiger partial charge on any atom is -0.322 e. The molecule has 0 bridgehead atoms. The molecule has 1 aromatic carbocycles. The van der Waals surface area contributed by atoms with Crippen molar-refractivity contribution in [3.63, 3.8) is 0 Å². The van der Waals surface area contributed by atoms with E-state index < -0.39 is 5.54 Å². The number of hydrogen-bond acceptors (Lipinski definition) is 6. The Kier molecular flexibility index (Phi) is 6.79. The quantitative estimate of drug-likeness (QED) is 0.621. The molecule has 1 aromatic heterocycles. The first-order valence-electron chi connectivity index (χ1n) is 12.4. The molecule has 9 nitrogen and oxygen atoms in total. The highest BCUT2D eigenvalue weighted by Gasteiger charge is 2.53. The lowest BCUT2D eigenvalue weighted by Gasteiger charge is -2.38. The lowest BCUT2D eigenvalue weighted by atomic mass is 9.88. The zero-order valence-electron chi connectivity index (χ0n) is 19.9. The molecule has 5 rings (SSSR count). The molecule has 9 heteroatoms. The predicted octanol–water partition coefficient (Wildman–Crippen LogP) is 2.28. The highest BCUT2D eigenvalue weighted by Crippen LogP contribution is 2.30. The van der Waals surface area contributed by atoms with Crippen LogP contribution in [0.4, 0.5) is 10.6 Å². The van der Waals surface area contributed by atoms with Crippen LogP contribution in [0.2, 0.25) is 0 Å². The molecular weight excluding hydrogens is 444 g/mol. The van der Waals surface area contributed by atoms with Crippen molar-refractivity contribution in [2.24, 2.45) is 5.92 Å². The molecule has 3 fully saturated rings. The number of amides is 4. The smallest absolute Gasteiger partial charge is 0.322 e. The molecule has 4 amide bonds. The van der Waals surface area contributed by atoms with Crippen LogP contribution in [0.15, 0.2) is 54.7 Å². The summed E-state index contributed by atoms with van der Waals surface area (Å²) in [6, 6.07) is 15.3. The number of nitrogens with one attached hydrogen (secondary N) is 2. The molecule has 35 heavy (non-hydrogen) atoms. The summed E-state index contributed by atoms with van der Waals surface area (Å²) in [6.45, 7) is 3.78. The Morgan fingerprint density at radius 1 is 1.03 bits per heavy atom. The fraction of sp³-hybridized carbons (Fsp3) is 0.462. The Bertz CT molecular complexity index is 1060. The zero-order valence-corrected chi connectivity index (χ0v) is 19.9. The molecule has 1 atom stereocenters. The van der Waals surface area contributed by atoms with E-state index in [2.05, 4.69) is 37.6 Å². The highest BCUT2D eigenvalue weighted by atomic mass is 16.2. The van der Waals surface area contributed by atoms with Gasteiger partial charge in [-0.1, -0.05) is 36.4 Å². The van der Waals surface area contributed by atoms with Gasteiger partial charge >= 0.3 is 6.03 Å². The molecule has 3 saturated heterocycles. The van der Waals surface area contributed by atoms with Crippen molar-refractivity contribution < 1.29 is 14.4 Å². The molecule has 2 N–H and O–H groups in total. The van der Waals surface area contributed by atoms with E-state index >= 15 is 0 Å². The van der Waals surface area contributed by atoms with Crippen LogP contribution in [-0.2, 0) is 16.1 Å². The van der Waals surface area contributed by atoms with Gasteiger partial charge in [-0.15, -0.1) is 0 Å². The molecule has 2 aromatic rings. The average molecular weight is 477 g/mol. The van der Waals surface area contributed by atoms with Gasteiger partial charge in [0.25, 0.3) is 5.91 Å². The second-order valence-corrected chi connectivity index (χ2v) is 9.78. The average Bonchev–Trinajstić information content (AvgIpc) is 3.09. The molecular formula is C26H32N6O3. The maximum atomic E-state index is 13.5. The van der Waals surface area contributed by atoms with Crippen LogP contribution in [0.5, 0.6) is 0 Å². The van der Waals surface area contributed by atoms with Gasteiger partial charge < -0.3 is 10.6 Å². The summed E-state index contributed by atoms with van der Waals surface area (Å²) in [6.07, 6.45) is 4.53. The van der Waals surface area contributed by atoms with Gasteiger partial charge in [0, 0.05) is 38.3 Å². The van der Waals surface area contributed by atoms with Crippen LogP contribution in [-0.4, -0.2) is 75.9 Å². The van der Waals surface area contributed by atoms with Gasteiger partial charge in [-0.3, -0.25) is 19.4 Å². The highest BCUT2D eigenvalue weighted by molar-refractivity contribution is 6.07. The van der Waals surface area contributed by atoms with Crippen LogP contribution in [0.1, 0.15) is 31.2 Å². The lowest BCUT2D eigenvalue weighted by Crippen LogP contribution is -2.58. The summed E-state index contributed by atoms with van der Waals surface area (Å²) < 4.78 is 0. The summed E-state index contributed by atoms with van der Waals surface area (Å²) >= 11 is 0. The molecule has 3 aliphatic rings. The third-order valence-corrected chi connectivity index (χ3v) is 7.28. The Morgan fingerprint density at radius 3 is 2.54 bits per heavy atom. The number of carbonyl (C=O) groups is 3. The van der Waals surface area contributed by atoms with E-state index in [0.717, 1.165) is 19.5 Å². The van der Waals surface area contributed by atoms with Crippen LogP contribution < -0.4 is 10.6 Å². The van der Waals surface area contributed by atoms with Gasteiger partial charge in [-0.05, 0) is 49.9 Å². The fourth-order valence-corrected chi connectivity index (χ4v) is 5.40. The number of piperidine rings is 2. The molecule has 184 valence electrons. The number of nitrogens with zero attached hydrogens (tertiary/aromatic N) is 4. The van der Waals surface area contributed by atoms with Crippen molar-refractivity contribution in [1.29, 1.82) is 0 Å². The van der Waals surface area contributed by atoms with Gasteiger partial charge in [0.1, 0.15) is 11.4 Å². The predicted molar refractivity (Wildman–Crippen MR) is 131 cm³/mol. The van der Waals surface area contributed by atoms with Crippen molar-refractivity contribution in [1.82, 2.24) is 25.0 Å². The summed E-state index contributed by atoms with van der Waals surface area (Å²) in [4.78, 5) is 48.7. The van der Waals surface area contributed by atoms with Gasteiger partial charge in [-0.25, -0.2) is 14.7 Å². The minimum absolute atomic E-state index is 0.0296. The van der Waals surface area contributed by atoms with Crippen molar-refractivity contribution >= 4 is 23.7 Å². The first kappa shape index (κ1) is 23.4. The molecule has 0 aliphatic carbocycles. The summed E-state index contributed by atoms with van der Waals surface area (Å²) in [5, 5.41) is 5.90. The number of benzene rings is 1. The number of carbonyl (C=O) groups excluding carboxylic acids is 3. The summed E-state index contributed by atoms with van der Waals surface area (Å²) in [5.74, 6) is 0.291. The largest absolute Gasteiger partial charge is 0.326 e. The van der Waals surface area contributed by atoms with Crippen molar-refractivity contribution in [3.05, 3.63) is 60.3 Å². The summed E-state index contributed by atoms with van der Waals surface area (Å²) in [5.41, 5.74) is 0.360. The second-order valence-electron chi connectivity index (χ2n) is 9.78. The standard InChI is InChI=1S/C26H32N6O3/c33-23(28-22-9-4-5-13-27-22)21-10-15-30(16-11-21)19-32-24(34)26(29-25(32)35)12-6-14-31(18-26)17-20-7-2-1-3-8-20/h1-5,7-9,13,21H,6,10-12,14-19H2,(H,29,35)(H,27,28,33). The number of aromatic nitrogens is 1. The van der Waals surface area contributed by atoms with Gasteiger partial charge in [0.2, 0.25) is 5.91 Å². The Balaban J connectivity index is 1.15. The number of pyridine rings is 1. The van der Waals surface area contributed by atoms with Crippen LogP contribution in [0, 0.1) is 5.92 Å². The molecule has 1 unspecified atom stereocenters. The Hall–Kier alpha value is -3.30. The molecule has 0 saturated carbocycles. The first-order chi connectivity index (χ1) is 17.0. The monoisotopic (exact) mass is 476 g/mol. The molecule has 4 heterocycles. The van der Waals surface area contributed by atoms with E-state index in [4.69, 9.17) is 0 Å². The number of likely N-dealkylation sites (tertiary alicyclic amines) is 2. The maximum absolute atomic E-state index is 13.5. The fourth-order valence-electron chi connectivity index (χ4n) is 5.40. The zero-order chi connectivity index (χ0) is 24.3. The normalized spacial score (nSPS) is 24.1. The van der Waals surface area contributed by atoms with Crippen LogP contribution in [0.25, 0.3) is 0 Å². The van der Waals surface area contributed by atoms with E-state index in [9.17, 15) is 14.4 Å². The Labute approximate surface area is 205 Å². The molecule has 1 spiro atoms. The number of anilines is 1. The van der Waals surface area contributed by atoms with E-state index in [0.29, 0.717) is 44.7 Å². The number of imide groups is 1. The number of rotatable bonds is 6. The maximum Gasteiger partial charge on any atom is 0.326 e. The van der Waals surface area contributed by atoms with E-state index in [1.54, 1.807) is 12.3 Å². The van der Waals surface area contributed by atoms with E-state index in [-0.39, 0.29) is 30.4 Å². The van der Waals surface area contributed by atoms with Crippen molar-refractivity contribution in [3.8, 4) is 0 Å². The van der Waals surface area contributed by atoms with E-state index in [1.807, 2.05) is 30.3 Å². The lowest BCUT2D eigenvalue weighted by molar-refractivity contribution is -0.135. The van der Waals surface area contributed by atoms with Gasteiger partial charge in [-0.2, -0.15) is 0 Å². The molecule has 3 aliphatic heterocycles. The topological polar surface area (TPSA) is 97.9 Å². The van der Waals surface area contributed by atoms with Crippen LogP contribution in [0.3, 0.4) is 0 Å².